The number of carbonyl (C=O) groups excluding carboxylic acids is 1. The number of fused-ring (bicyclic) bond motifs is 1. The van der Waals surface area contributed by atoms with E-state index in [1.165, 1.54) is 0 Å². The number of hydrogen-bond donors (Lipinski definition) is 0. The highest BCUT2D eigenvalue weighted by molar-refractivity contribution is 7.89. The van der Waals surface area contributed by atoms with Gasteiger partial charge < -0.3 is 9.47 Å². The molecule has 7 nitrogen and oxygen atoms in total. The van der Waals surface area contributed by atoms with Gasteiger partial charge >= 0.3 is 0 Å². The molecule has 182 valence electrons. The van der Waals surface area contributed by atoms with E-state index in [2.05, 4.69) is 0 Å². The third kappa shape index (κ3) is 5.18. The van der Waals surface area contributed by atoms with Gasteiger partial charge in [0.25, 0.3) is 0 Å². The van der Waals surface area contributed by atoms with Gasteiger partial charge in [-0.1, -0.05) is 36.8 Å². The van der Waals surface area contributed by atoms with Crippen LogP contribution in [0.1, 0.15) is 50.9 Å². The summed E-state index contributed by atoms with van der Waals surface area (Å²) in [7, 11) is -1.60. The van der Waals surface area contributed by atoms with Crippen LogP contribution in [0.4, 0.5) is 0 Å². The largest absolute Gasteiger partial charge is 0.336 e. The summed E-state index contributed by atoms with van der Waals surface area (Å²) in [6.07, 6.45) is 3.73. The number of imidazole rings is 1. The molecule has 8 heteroatoms. The van der Waals surface area contributed by atoms with E-state index in [9.17, 15) is 13.2 Å². The fraction of sp³-hybridized carbons (Fsp3) is 0.462. The zero-order valence-electron chi connectivity index (χ0n) is 20.3. The number of aromatic nitrogens is 2. The van der Waals surface area contributed by atoms with Gasteiger partial charge in [-0.2, -0.15) is 4.31 Å². The Hall–Kier alpha value is -2.71. The first-order valence-electron chi connectivity index (χ1n) is 12.1. The minimum absolute atomic E-state index is 0.0827. The summed E-state index contributed by atoms with van der Waals surface area (Å²) in [6.45, 7) is 5.79. The Morgan fingerprint density at radius 2 is 1.76 bits per heavy atom. The number of amides is 1. The van der Waals surface area contributed by atoms with Crippen LogP contribution in [0.3, 0.4) is 0 Å². The van der Waals surface area contributed by atoms with E-state index in [1.54, 1.807) is 16.4 Å². The first-order chi connectivity index (χ1) is 16.3. The zero-order chi connectivity index (χ0) is 24.3. The molecule has 0 atom stereocenters. The quantitative estimate of drug-likeness (QED) is 0.484. The molecule has 0 bridgehead atoms. The number of aryl methyl sites for hydroxylation is 2. The fourth-order valence-electron chi connectivity index (χ4n) is 4.57. The minimum atomic E-state index is -3.51. The molecule has 34 heavy (non-hydrogen) atoms. The standard InChI is InChI=1S/C26H34N4O3S/c1-20(2)30(19-21-10-6-4-7-11-21)26(31)15-14-25-27-23-18-22(12-13-24(23)28(25)3)34(32,33)29-16-8-5-9-17-29/h4,6-7,10-13,18,20H,5,8-9,14-17,19H2,1-3H3. The lowest BCUT2D eigenvalue weighted by molar-refractivity contribution is -0.133. The number of carbonyl (C=O) groups is 1. The molecule has 1 saturated heterocycles. The summed E-state index contributed by atoms with van der Waals surface area (Å²) in [4.78, 5) is 19.9. The first kappa shape index (κ1) is 24.4. The SMILES string of the molecule is CC(C)N(Cc1ccccc1)C(=O)CCc1nc2cc(S(=O)(=O)N3CCCCC3)ccc2n1C. The summed E-state index contributed by atoms with van der Waals surface area (Å²) in [5.74, 6) is 0.860. The molecule has 1 amide bonds. The van der Waals surface area contributed by atoms with Crippen molar-refractivity contribution in [3.63, 3.8) is 0 Å². The Morgan fingerprint density at radius 1 is 1.06 bits per heavy atom. The van der Waals surface area contributed by atoms with E-state index in [4.69, 9.17) is 4.98 Å². The fourth-order valence-corrected chi connectivity index (χ4v) is 6.11. The van der Waals surface area contributed by atoms with E-state index in [1.807, 2.05) is 66.8 Å². The van der Waals surface area contributed by atoms with Gasteiger partial charge in [0.2, 0.25) is 15.9 Å². The van der Waals surface area contributed by atoms with E-state index < -0.39 is 10.0 Å². The second-order valence-corrected chi connectivity index (χ2v) is 11.2. The lowest BCUT2D eigenvalue weighted by Crippen LogP contribution is -2.36. The van der Waals surface area contributed by atoms with Crippen molar-refractivity contribution in [2.75, 3.05) is 13.1 Å². The van der Waals surface area contributed by atoms with Gasteiger partial charge in [0.05, 0.1) is 15.9 Å². The Labute approximate surface area is 202 Å². The Balaban J connectivity index is 1.49. The van der Waals surface area contributed by atoms with E-state index >= 15 is 0 Å². The number of piperidine rings is 1. The summed E-state index contributed by atoms with van der Waals surface area (Å²) in [5.41, 5.74) is 2.62. The molecule has 1 aliphatic heterocycles. The maximum atomic E-state index is 13.1. The van der Waals surface area contributed by atoms with Crippen molar-refractivity contribution in [2.45, 2.75) is 63.4 Å². The molecule has 0 aliphatic carbocycles. The molecule has 0 N–H and O–H groups in total. The van der Waals surface area contributed by atoms with Crippen LogP contribution < -0.4 is 0 Å². The average molecular weight is 483 g/mol. The second-order valence-electron chi connectivity index (χ2n) is 9.30. The van der Waals surface area contributed by atoms with Crippen LogP contribution in [0.2, 0.25) is 0 Å². The average Bonchev–Trinajstić information content (AvgIpc) is 3.16. The normalized spacial score (nSPS) is 15.2. The molecule has 2 aromatic carbocycles. The molecule has 2 heterocycles. The minimum Gasteiger partial charge on any atom is -0.336 e. The van der Waals surface area contributed by atoms with Crippen LogP contribution in [0, 0.1) is 0 Å². The van der Waals surface area contributed by atoms with Crippen LogP contribution in [-0.4, -0.2) is 52.2 Å². The summed E-state index contributed by atoms with van der Waals surface area (Å²) in [6, 6.07) is 15.3. The monoisotopic (exact) mass is 482 g/mol. The summed E-state index contributed by atoms with van der Waals surface area (Å²) >= 11 is 0. The number of benzene rings is 2. The molecule has 0 saturated carbocycles. The van der Waals surface area contributed by atoms with Crippen LogP contribution >= 0.6 is 0 Å². The van der Waals surface area contributed by atoms with Crippen molar-refractivity contribution < 1.29 is 13.2 Å². The molecular formula is C26H34N4O3S. The highest BCUT2D eigenvalue weighted by Crippen LogP contribution is 2.25. The molecule has 3 aromatic rings. The second kappa shape index (κ2) is 10.3. The third-order valence-electron chi connectivity index (χ3n) is 6.60. The Morgan fingerprint density at radius 3 is 2.44 bits per heavy atom. The Kier molecular flexibility index (Phi) is 7.38. The molecule has 0 unspecified atom stereocenters. The van der Waals surface area contributed by atoms with Gasteiger partial charge in [-0.15, -0.1) is 0 Å². The third-order valence-corrected chi connectivity index (χ3v) is 8.49. The molecule has 1 fully saturated rings. The van der Waals surface area contributed by atoms with Crippen molar-refractivity contribution in [1.82, 2.24) is 18.8 Å². The van der Waals surface area contributed by atoms with Gasteiger partial charge in [-0.3, -0.25) is 4.79 Å². The molecule has 4 rings (SSSR count). The lowest BCUT2D eigenvalue weighted by Gasteiger charge is -2.27. The number of rotatable bonds is 8. The van der Waals surface area contributed by atoms with E-state index in [0.29, 0.717) is 38.0 Å². The summed E-state index contributed by atoms with van der Waals surface area (Å²) in [5, 5.41) is 0. The highest BCUT2D eigenvalue weighted by Gasteiger charge is 2.26. The first-order valence-corrected chi connectivity index (χ1v) is 13.5. The summed E-state index contributed by atoms with van der Waals surface area (Å²) < 4.78 is 29.7. The molecule has 1 aliphatic rings. The van der Waals surface area contributed by atoms with Crippen molar-refractivity contribution in [1.29, 1.82) is 0 Å². The van der Waals surface area contributed by atoms with Crippen molar-refractivity contribution in [3.05, 3.63) is 59.9 Å². The van der Waals surface area contributed by atoms with Gasteiger partial charge in [0.15, 0.2) is 0 Å². The smallest absolute Gasteiger partial charge is 0.243 e. The maximum Gasteiger partial charge on any atom is 0.243 e. The van der Waals surface area contributed by atoms with Crippen LogP contribution in [0.15, 0.2) is 53.4 Å². The number of hydrogen-bond acceptors (Lipinski definition) is 4. The maximum absolute atomic E-state index is 13.1. The predicted molar refractivity (Wildman–Crippen MR) is 134 cm³/mol. The van der Waals surface area contributed by atoms with Crippen molar-refractivity contribution in [2.24, 2.45) is 7.05 Å². The Bertz CT molecular complexity index is 1250. The van der Waals surface area contributed by atoms with Gasteiger partial charge in [-0.05, 0) is 50.5 Å². The predicted octanol–water partition coefficient (Wildman–Crippen LogP) is 4.12. The van der Waals surface area contributed by atoms with Crippen LogP contribution in [-0.2, 0) is 34.8 Å². The van der Waals surface area contributed by atoms with Gasteiger partial charge in [0, 0.05) is 45.6 Å². The topological polar surface area (TPSA) is 75.5 Å². The van der Waals surface area contributed by atoms with E-state index in [-0.39, 0.29) is 16.8 Å². The zero-order valence-corrected chi connectivity index (χ0v) is 21.1. The van der Waals surface area contributed by atoms with Gasteiger partial charge in [-0.25, -0.2) is 13.4 Å². The number of sulfonamides is 1. The van der Waals surface area contributed by atoms with Crippen LogP contribution in [0.25, 0.3) is 11.0 Å². The van der Waals surface area contributed by atoms with Crippen molar-refractivity contribution in [3.8, 4) is 0 Å². The molecule has 0 spiro atoms. The molecule has 1 aromatic heterocycles. The number of nitrogens with zero attached hydrogens (tertiary/aromatic N) is 4. The van der Waals surface area contributed by atoms with Gasteiger partial charge in [0.1, 0.15) is 5.82 Å². The molecular weight excluding hydrogens is 448 g/mol. The van der Waals surface area contributed by atoms with Crippen molar-refractivity contribution >= 4 is 27.0 Å². The highest BCUT2D eigenvalue weighted by atomic mass is 32.2. The lowest BCUT2D eigenvalue weighted by atomic mass is 10.1. The van der Waals surface area contributed by atoms with E-state index in [0.717, 1.165) is 36.2 Å². The molecule has 0 radical (unpaired) electrons. The van der Waals surface area contributed by atoms with Crippen LogP contribution in [0.5, 0.6) is 0 Å².